The summed E-state index contributed by atoms with van der Waals surface area (Å²) >= 11 is 0. The summed E-state index contributed by atoms with van der Waals surface area (Å²) in [5.41, 5.74) is 2.62. The second-order valence-electron chi connectivity index (χ2n) is 5.61. The lowest BCUT2D eigenvalue weighted by molar-refractivity contribution is 0.652. The zero-order chi connectivity index (χ0) is 15.5. The lowest BCUT2D eigenvalue weighted by Crippen LogP contribution is -2.32. The summed E-state index contributed by atoms with van der Waals surface area (Å²) in [5.74, 6) is 1.38. The standard InChI is InChI=1S/C17H18N6/c1-2-5-15-13(4-1)6-7-14(21-15)12-19-17-18-10-8-16(22-17)23-11-3-9-20-23/h1-5,8-11,14,21H,6-7,12H2,(H,18,19,22). The normalized spacial score (nSPS) is 16.4. The molecule has 116 valence electrons. The molecule has 0 aliphatic carbocycles. The number of benzene rings is 1. The van der Waals surface area contributed by atoms with Crippen LogP contribution >= 0.6 is 0 Å². The first-order valence-corrected chi connectivity index (χ1v) is 7.80. The molecule has 0 saturated carbocycles. The van der Waals surface area contributed by atoms with Gasteiger partial charge in [-0.3, -0.25) is 0 Å². The van der Waals surface area contributed by atoms with Gasteiger partial charge in [0.1, 0.15) is 0 Å². The molecule has 4 rings (SSSR count). The Morgan fingerprint density at radius 3 is 3.04 bits per heavy atom. The second-order valence-corrected chi connectivity index (χ2v) is 5.61. The van der Waals surface area contributed by atoms with Crippen LogP contribution in [0.4, 0.5) is 11.6 Å². The predicted molar refractivity (Wildman–Crippen MR) is 89.8 cm³/mol. The van der Waals surface area contributed by atoms with Crippen LogP contribution < -0.4 is 10.6 Å². The van der Waals surface area contributed by atoms with E-state index in [0.29, 0.717) is 12.0 Å². The second kappa shape index (κ2) is 6.08. The molecule has 1 aliphatic heterocycles. The van der Waals surface area contributed by atoms with Crippen LogP contribution in [0.15, 0.2) is 55.0 Å². The first kappa shape index (κ1) is 13.8. The van der Waals surface area contributed by atoms with E-state index in [4.69, 9.17) is 0 Å². The molecule has 1 unspecified atom stereocenters. The summed E-state index contributed by atoms with van der Waals surface area (Å²) in [5, 5.41) is 11.1. The molecular weight excluding hydrogens is 288 g/mol. The summed E-state index contributed by atoms with van der Waals surface area (Å²) in [7, 11) is 0. The fourth-order valence-electron chi connectivity index (χ4n) is 2.83. The molecule has 0 saturated heterocycles. The number of fused-ring (bicyclic) bond motifs is 1. The van der Waals surface area contributed by atoms with Crippen molar-refractivity contribution in [2.75, 3.05) is 17.2 Å². The van der Waals surface area contributed by atoms with Gasteiger partial charge in [0.05, 0.1) is 0 Å². The van der Waals surface area contributed by atoms with Gasteiger partial charge >= 0.3 is 0 Å². The molecule has 6 heteroatoms. The van der Waals surface area contributed by atoms with E-state index in [0.717, 1.165) is 25.2 Å². The summed E-state index contributed by atoms with van der Waals surface area (Å²) in [4.78, 5) is 8.78. The molecule has 1 aliphatic rings. The quantitative estimate of drug-likeness (QED) is 0.775. The van der Waals surface area contributed by atoms with Gasteiger partial charge in [-0.2, -0.15) is 10.1 Å². The fourth-order valence-corrected chi connectivity index (χ4v) is 2.83. The molecule has 0 bridgehead atoms. The lowest BCUT2D eigenvalue weighted by atomic mass is 9.98. The topological polar surface area (TPSA) is 67.7 Å². The lowest BCUT2D eigenvalue weighted by Gasteiger charge is -2.27. The minimum Gasteiger partial charge on any atom is -0.380 e. The van der Waals surface area contributed by atoms with E-state index >= 15 is 0 Å². The smallest absolute Gasteiger partial charge is 0.224 e. The van der Waals surface area contributed by atoms with Gasteiger partial charge in [0.25, 0.3) is 0 Å². The molecule has 6 nitrogen and oxygen atoms in total. The summed E-state index contributed by atoms with van der Waals surface area (Å²) in [6, 6.07) is 12.6. The molecule has 1 atom stereocenters. The van der Waals surface area contributed by atoms with Crippen molar-refractivity contribution in [2.24, 2.45) is 0 Å². The Labute approximate surface area is 134 Å². The molecule has 3 heterocycles. The van der Waals surface area contributed by atoms with Gasteiger partial charge in [0.15, 0.2) is 5.82 Å². The Kier molecular flexibility index (Phi) is 3.63. The van der Waals surface area contributed by atoms with Crippen molar-refractivity contribution >= 4 is 11.6 Å². The highest BCUT2D eigenvalue weighted by Gasteiger charge is 2.17. The minimum atomic E-state index is 0.377. The third-order valence-corrected chi connectivity index (χ3v) is 4.03. The molecular formula is C17H18N6. The maximum atomic E-state index is 4.49. The van der Waals surface area contributed by atoms with Crippen LogP contribution in [0, 0.1) is 0 Å². The number of rotatable bonds is 4. The van der Waals surface area contributed by atoms with Crippen LogP contribution in [0.25, 0.3) is 5.82 Å². The van der Waals surface area contributed by atoms with Crippen molar-refractivity contribution in [3.8, 4) is 5.82 Å². The number of anilines is 2. The van der Waals surface area contributed by atoms with E-state index in [1.54, 1.807) is 17.1 Å². The van der Waals surface area contributed by atoms with Crippen molar-refractivity contribution < 1.29 is 0 Å². The SMILES string of the molecule is c1ccc2c(c1)CCC(CNc1nccc(-n3cccn3)n1)N2. The largest absolute Gasteiger partial charge is 0.380 e. The molecule has 1 aromatic carbocycles. The average Bonchev–Trinajstić information content (AvgIpc) is 3.15. The molecule has 0 spiro atoms. The van der Waals surface area contributed by atoms with Gasteiger partial charge in [-0.25, -0.2) is 9.67 Å². The van der Waals surface area contributed by atoms with Crippen molar-refractivity contribution in [1.29, 1.82) is 0 Å². The van der Waals surface area contributed by atoms with E-state index in [9.17, 15) is 0 Å². The van der Waals surface area contributed by atoms with E-state index in [1.807, 2.05) is 18.3 Å². The fraction of sp³-hybridized carbons (Fsp3) is 0.235. The maximum Gasteiger partial charge on any atom is 0.224 e. The van der Waals surface area contributed by atoms with Crippen LogP contribution in [0.1, 0.15) is 12.0 Å². The third-order valence-electron chi connectivity index (χ3n) is 4.03. The van der Waals surface area contributed by atoms with Crippen LogP contribution in [-0.4, -0.2) is 32.3 Å². The van der Waals surface area contributed by atoms with Crippen LogP contribution in [0.2, 0.25) is 0 Å². The number of aryl methyl sites for hydroxylation is 1. The van der Waals surface area contributed by atoms with Gasteiger partial charge in [-0.1, -0.05) is 18.2 Å². The Bertz CT molecular complexity index is 783. The zero-order valence-electron chi connectivity index (χ0n) is 12.7. The average molecular weight is 306 g/mol. The highest BCUT2D eigenvalue weighted by molar-refractivity contribution is 5.54. The van der Waals surface area contributed by atoms with Gasteiger partial charge < -0.3 is 10.6 Å². The number of aromatic nitrogens is 4. The molecule has 2 N–H and O–H groups in total. The van der Waals surface area contributed by atoms with Gasteiger partial charge in [-0.15, -0.1) is 0 Å². The number of para-hydroxylation sites is 1. The maximum absolute atomic E-state index is 4.49. The predicted octanol–water partition coefficient (Wildman–Crippen LogP) is 2.50. The molecule has 23 heavy (non-hydrogen) atoms. The summed E-state index contributed by atoms with van der Waals surface area (Å²) < 4.78 is 1.72. The van der Waals surface area contributed by atoms with Crippen molar-refractivity contribution in [1.82, 2.24) is 19.7 Å². The van der Waals surface area contributed by atoms with Crippen molar-refractivity contribution in [2.45, 2.75) is 18.9 Å². The Morgan fingerprint density at radius 1 is 1.17 bits per heavy atom. The number of nitrogens with one attached hydrogen (secondary N) is 2. The highest BCUT2D eigenvalue weighted by Crippen LogP contribution is 2.24. The van der Waals surface area contributed by atoms with Crippen LogP contribution in [-0.2, 0) is 6.42 Å². The Balaban J connectivity index is 1.41. The highest BCUT2D eigenvalue weighted by atomic mass is 15.3. The van der Waals surface area contributed by atoms with Gasteiger partial charge in [-0.05, 0) is 30.5 Å². The monoisotopic (exact) mass is 306 g/mol. The van der Waals surface area contributed by atoms with Crippen molar-refractivity contribution in [3.05, 3.63) is 60.6 Å². The van der Waals surface area contributed by atoms with E-state index in [-0.39, 0.29) is 0 Å². The Hall–Kier alpha value is -2.89. The van der Waals surface area contributed by atoms with Gasteiger partial charge in [0.2, 0.25) is 5.95 Å². The molecule has 0 radical (unpaired) electrons. The van der Waals surface area contributed by atoms with Gasteiger partial charge in [0, 0.05) is 42.9 Å². The van der Waals surface area contributed by atoms with Crippen LogP contribution in [0.3, 0.4) is 0 Å². The van der Waals surface area contributed by atoms with E-state index in [2.05, 4.69) is 50.0 Å². The zero-order valence-corrected chi connectivity index (χ0v) is 12.7. The van der Waals surface area contributed by atoms with Crippen LogP contribution in [0.5, 0.6) is 0 Å². The molecule has 3 aromatic rings. The third kappa shape index (κ3) is 3.01. The van der Waals surface area contributed by atoms with Crippen molar-refractivity contribution in [3.63, 3.8) is 0 Å². The molecule has 2 aromatic heterocycles. The Morgan fingerprint density at radius 2 is 2.13 bits per heavy atom. The summed E-state index contributed by atoms with van der Waals surface area (Å²) in [6.07, 6.45) is 7.55. The first-order valence-electron chi connectivity index (χ1n) is 7.80. The molecule has 0 amide bonds. The number of nitrogens with zero attached hydrogens (tertiary/aromatic N) is 4. The first-order chi connectivity index (χ1) is 11.4. The van der Waals surface area contributed by atoms with E-state index < -0.39 is 0 Å². The van der Waals surface area contributed by atoms with E-state index in [1.165, 1.54) is 11.3 Å². The summed E-state index contributed by atoms with van der Waals surface area (Å²) in [6.45, 7) is 0.789. The molecule has 0 fully saturated rings. The number of hydrogen-bond donors (Lipinski definition) is 2. The number of hydrogen-bond acceptors (Lipinski definition) is 5. The minimum absolute atomic E-state index is 0.377.